The highest BCUT2D eigenvalue weighted by Crippen LogP contribution is 2.25. The van der Waals surface area contributed by atoms with Gasteiger partial charge in [0, 0.05) is 11.6 Å². The summed E-state index contributed by atoms with van der Waals surface area (Å²) in [5.74, 6) is 0. The lowest BCUT2D eigenvalue weighted by Gasteiger charge is -2.06. The van der Waals surface area contributed by atoms with Gasteiger partial charge in [0.05, 0.1) is 5.69 Å². The Morgan fingerprint density at radius 2 is 1.91 bits per heavy atom. The molecule has 3 rings (SSSR count). The Hall–Kier alpha value is -2.94. The van der Waals surface area contributed by atoms with Crippen LogP contribution in [-0.2, 0) is 0 Å². The summed E-state index contributed by atoms with van der Waals surface area (Å²) in [7, 11) is 0. The minimum absolute atomic E-state index is 0.310. The summed E-state index contributed by atoms with van der Waals surface area (Å²) in [6.07, 6.45) is 8.20. The molecule has 1 heterocycles. The van der Waals surface area contributed by atoms with Crippen molar-refractivity contribution < 1.29 is 0 Å². The predicted molar refractivity (Wildman–Crippen MR) is 94.9 cm³/mol. The van der Waals surface area contributed by atoms with Crippen molar-refractivity contribution in [1.29, 1.82) is 0 Å². The van der Waals surface area contributed by atoms with Crippen LogP contribution in [0.15, 0.2) is 70.8 Å². The Morgan fingerprint density at radius 3 is 2.61 bits per heavy atom. The Balaban J connectivity index is 2.49. The first-order valence-corrected chi connectivity index (χ1v) is 7.49. The van der Waals surface area contributed by atoms with Crippen LogP contribution in [0.2, 0.25) is 0 Å². The molecule has 0 saturated carbocycles. The molecule has 3 heteroatoms. The second-order valence-electron chi connectivity index (χ2n) is 5.43. The first kappa shape index (κ1) is 15.0. The van der Waals surface area contributed by atoms with Crippen molar-refractivity contribution in [1.82, 2.24) is 4.57 Å². The standard InChI is InChI=1S/C20H17NO2/c1-3-15-9-7-8-12-17-19(15)14(2)13-18(22)21(20(17)23)16-10-5-4-6-11-16/h3-6,8-13H,1,7H2,2H3. The van der Waals surface area contributed by atoms with E-state index in [-0.39, 0.29) is 11.1 Å². The maximum Gasteiger partial charge on any atom is 0.265 e. The third-order valence-corrected chi connectivity index (χ3v) is 3.94. The normalized spacial score (nSPS) is 13.0. The Labute approximate surface area is 134 Å². The van der Waals surface area contributed by atoms with Crippen molar-refractivity contribution in [3.63, 3.8) is 0 Å². The molecule has 1 aliphatic carbocycles. The van der Waals surface area contributed by atoms with E-state index in [1.165, 1.54) is 10.6 Å². The minimum atomic E-state index is -0.330. The molecule has 2 aromatic rings. The van der Waals surface area contributed by atoms with Gasteiger partial charge in [-0.25, -0.2) is 4.57 Å². The highest BCUT2D eigenvalue weighted by molar-refractivity contribution is 5.82. The molecule has 23 heavy (non-hydrogen) atoms. The molecule has 3 nitrogen and oxygen atoms in total. The average molecular weight is 303 g/mol. The maximum atomic E-state index is 13.1. The topological polar surface area (TPSA) is 39.1 Å². The second-order valence-corrected chi connectivity index (χ2v) is 5.43. The van der Waals surface area contributed by atoms with Crippen LogP contribution in [0.3, 0.4) is 0 Å². The first-order chi connectivity index (χ1) is 11.1. The summed E-state index contributed by atoms with van der Waals surface area (Å²) >= 11 is 0. The van der Waals surface area contributed by atoms with Crippen LogP contribution in [0.5, 0.6) is 0 Å². The quantitative estimate of drug-likeness (QED) is 0.852. The van der Waals surface area contributed by atoms with Crippen molar-refractivity contribution in [2.24, 2.45) is 0 Å². The molecule has 1 aromatic heterocycles. The zero-order valence-electron chi connectivity index (χ0n) is 13.0. The Bertz CT molecular complexity index is 948. The van der Waals surface area contributed by atoms with Gasteiger partial charge in [0.25, 0.3) is 11.1 Å². The Kier molecular flexibility index (Phi) is 3.94. The lowest BCUT2D eigenvalue weighted by Crippen LogP contribution is -2.29. The molecule has 0 aliphatic heterocycles. The summed E-state index contributed by atoms with van der Waals surface area (Å²) in [6, 6.07) is 10.5. The summed E-state index contributed by atoms with van der Waals surface area (Å²) in [5.41, 5.74) is 2.90. The number of fused-ring (bicyclic) bond motifs is 1. The van der Waals surface area contributed by atoms with Crippen molar-refractivity contribution >= 4 is 11.6 Å². The van der Waals surface area contributed by atoms with Crippen LogP contribution in [-0.4, -0.2) is 4.57 Å². The van der Waals surface area contributed by atoms with Crippen LogP contribution in [0.4, 0.5) is 0 Å². The molecular weight excluding hydrogens is 286 g/mol. The lowest BCUT2D eigenvalue weighted by atomic mass is 9.98. The molecule has 114 valence electrons. The van der Waals surface area contributed by atoms with Gasteiger partial charge in [-0.15, -0.1) is 0 Å². The third kappa shape index (κ3) is 2.61. The third-order valence-electron chi connectivity index (χ3n) is 3.94. The SMILES string of the molecule is C=CC1=CCC=Cc2c1c(C)cc(=O)n(-c1ccccc1)c2=O. The molecule has 1 aromatic carbocycles. The van der Waals surface area contributed by atoms with Crippen molar-refractivity contribution in [3.05, 3.63) is 98.6 Å². The van der Waals surface area contributed by atoms with Gasteiger partial charge in [0.15, 0.2) is 0 Å². The van der Waals surface area contributed by atoms with Gasteiger partial charge in [-0.3, -0.25) is 9.59 Å². The molecule has 1 aliphatic rings. The van der Waals surface area contributed by atoms with E-state index < -0.39 is 0 Å². The van der Waals surface area contributed by atoms with E-state index in [4.69, 9.17) is 0 Å². The van der Waals surface area contributed by atoms with E-state index in [0.717, 1.165) is 23.1 Å². The van der Waals surface area contributed by atoms with Gasteiger partial charge in [-0.05, 0) is 42.2 Å². The summed E-state index contributed by atoms with van der Waals surface area (Å²) in [5, 5.41) is 0. The molecule has 0 bridgehead atoms. The highest BCUT2D eigenvalue weighted by atomic mass is 16.2. The van der Waals surface area contributed by atoms with Crippen LogP contribution < -0.4 is 11.1 Å². The largest absolute Gasteiger partial charge is 0.269 e. The molecule has 0 N–H and O–H groups in total. The van der Waals surface area contributed by atoms with E-state index in [9.17, 15) is 9.59 Å². The zero-order valence-corrected chi connectivity index (χ0v) is 13.0. The lowest BCUT2D eigenvalue weighted by molar-refractivity contribution is 0.952. The van der Waals surface area contributed by atoms with Gasteiger partial charge in [0.2, 0.25) is 0 Å². The number of para-hydroxylation sites is 1. The molecule has 0 fully saturated rings. The maximum absolute atomic E-state index is 13.1. The predicted octanol–water partition coefficient (Wildman–Crippen LogP) is 3.49. The van der Waals surface area contributed by atoms with Gasteiger partial charge in [-0.1, -0.05) is 49.1 Å². The summed E-state index contributed by atoms with van der Waals surface area (Å²) < 4.78 is 1.22. The fraction of sp³-hybridized carbons (Fsp3) is 0.100. The van der Waals surface area contributed by atoms with E-state index in [1.807, 2.05) is 37.3 Å². The average Bonchev–Trinajstić information content (AvgIpc) is 2.81. The van der Waals surface area contributed by atoms with Gasteiger partial charge >= 0.3 is 0 Å². The first-order valence-electron chi connectivity index (χ1n) is 7.49. The van der Waals surface area contributed by atoms with Gasteiger partial charge in [-0.2, -0.15) is 0 Å². The highest BCUT2D eigenvalue weighted by Gasteiger charge is 2.15. The molecule has 0 atom stereocenters. The summed E-state index contributed by atoms with van der Waals surface area (Å²) in [6.45, 7) is 5.69. The van der Waals surface area contributed by atoms with E-state index in [1.54, 1.807) is 24.3 Å². The molecule has 0 spiro atoms. The molecule has 0 radical (unpaired) electrons. The van der Waals surface area contributed by atoms with Crippen LogP contribution in [0.1, 0.15) is 23.1 Å². The Morgan fingerprint density at radius 1 is 1.17 bits per heavy atom. The number of rotatable bonds is 2. The summed E-state index contributed by atoms with van der Waals surface area (Å²) in [4.78, 5) is 25.6. The number of benzene rings is 1. The number of aromatic nitrogens is 1. The number of hydrogen-bond donors (Lipinski definition) is 0. The molecule has 0 amide bonds. The van der Waals surface area contributed by atoms with Crippen LogP contribution >= 0.6 is 0 Å². The van der Waals surface area contributed by atoms with E-state index >= 15 is 0 Å². The number of nitrogens with zero attached hydrogens (tertiary/aromatic N) is 1. The number of allylic oxidation sites excluding steroid dienone is 4. The molecule has 0 unspecified atom stereocenters. The molecular formula is C20H17NO2. The minimum Gasteiger partial charge on any atom is -0.269 e. The fourth-order valence-corrected chi connectivity index (χ4v) is 2.89. The van der Waals surface area contributed by atoms with Crippen molar-refractivity contribution in [2.45, 2.75) is 13.3 Å². The van der Waals surface area contributed by atoms with Crippen molar-refractivity contribution in [2.75, 3.05) is 0 Å². The van der Waals surface area contributed by atoms with Crippen molar-refractivity contribution in [3.8, 4) is 5.69 Å². The smallest absolute Gasteiger partial charge is 0.265 e. The number of aryl methyl sites for hydroxylation is 1. The molecule has 0 saturated heterocycles. The zero-order chi connectivity index (χ0) is 16.4. The van der Waals surface area contributed by atoms with Gasteiger partial charge < -0.3 is 0 Å². The van der Waals surface area contributed by atoms with E-state index in [2.05, 4.69) is 6.58 Å². The van der Waals surface area contributed by atoms with Gasteiger partial charge in [0.1, 0.15) is 0 Å². The van der Waals surface area contributed by atoms with Crippen LogP contribution in [0, 0.1) is 6.92 Å². The number of hydrogen-bond acceptors (Lipinski definition) is 2. The van der Waals surface area contributed by atoms with Crippen LogP contribution in [0.25, 0.3) is 17.3 Å². The monoisotopic (exact) mass is 303 g/mol. The fourth-order valence-electron chi connectivity index (χ4n) is 2.89. The van der Waals surface area contributed by atoms with E-state index in [0.29, 0.717) is 11.3 Å². The second kappa shape index (κ2) is 6.05.